The van der Waals surface area contributed by atoms with E-state index in [0.717, 1.165) is 31.2 Å². The van der Waals surface area contributed by atoms with Crippen LogP contribution in [0.25, 0.3) is 0 Å². The highest BCUT2D eigenvalue weighted by Crippen LogP contribution is 2.25. The summed E-state index contributed by atoms with van der Waals surface area (Å²) in [6.45, 7) is 8.37. The Morgan fingerprint density at radius 3 is 2.79 bits per heavy atom. The van der Waals surface area contributed by atoms with Gasteiger partial charge in [-0.05, 0) is 36.5 Å². The lowest BCUT2D eigenvalue weighted by atomic mass is 9.96. The zero-order chi connectivity index (χ0) is 10.6. The van der Waals surface area contributed by atoms with Crippen molar-refractivity contribution in [3.8, 4) is 0 Å². The first-order chi connectivity index (χ1) is 6.57. The monoisotopic (exact) mass is 217 g/mol. The van der Waals surface area contributed by atoms with Crippen molar-refractivity contribution >= 4 is 12.6 Å². The first kappa shape index (κ1) is 12.3. The molecule has 0 aromatic rings. The van der Waals surface area contributed by atoms with Gasteiger partial charge in [0.15, 0.2) is 0 Å². The minimum absolute atomic E-state index is 0.317. The van der Waals surface area contributed by atoms with Crippen LogP contribution in [0.15, 0.2) is 0 Å². The van der Waals surface area contributed by atoms with Crippen molar-refractivity contribution in [1.29, 1.82) is 0 Å². The maximum Gasteiger partial charge on any atom is 0.0434 e. The van der Waals surface area contributed by atoms with E-state index in [1.807, 2.05) is 0 Å². The van der Waals surface area contributed by atoms with Gasteiger partial charge in [-0.2, -0.15) is 12.6 Å². The van der Waals surface area contributed by atoms with Gasteiger partial charge in [0.2, 0.25) is 0 Å². The van der Waals surface area contributed by atoms with Crippen molar-refractivity contribution in [2.75, 3.05) is 32.0 Å². The van der Waals surface area contributed by atoms with Gasteiger partial charge >= 0.3 is 0 Å². The maximum absolute atomic E-state index is 8.86. The van der Waals surface area contributed by atoms with Crippen LogP contribution in [0.4, 0.5) is 0 Å². The molecule has 3 heteroatoms. The Labute approximate surface area is 93.1 Å². The molecule has 1 rings (SSSR count). The average molecular weight is 217 g/mol. The van der Waals surface area contributed by atoms with Crippen LogP contribution in [0.5, 0.6) is 0 Å². The number of likely N-dealkylation sites (tertiary alicyclic amines) is 1. The standard InChI is InChI=1S/C11H23NOS/c1-11(2,9-14)8-12-5-3-10(7-12)4-6-13/h10,13-14H,3-9H2,1-2H3. The number of aliphatic hydroxyl groups excluding tert-OH is 1. The summed E-state index contributed by atoms with van der Waals surface area (Å²) in [4.78, 5) is 2.51. The molecule has 0 aromatic carbocycles. The normalized spacial score (nSPS) is 24.4. The molecule has 0 saturated carbocycles. The van der Waals surface area contributed by atoms with E-state index in [1.165, 1.54) is 13.0 Å². The summed E-state index contributed by atoms with van der Waals surface area (Å²) in [6.07, 6.45) is 2.22. The molecule has 0 aromatic heterocycles. The Bertz CT molecular complexity index is 173. The van der Waals surface area contributed by atoms with Gasteiger partial charge in [-0.15, -0.1) is 0 Å². The highest BCUT2D eigenvalue weighted by atomic mass is 32.1. The quantitative estimate of drug-likeness (QED) is 0.684. The first-order valence-corrected chi connectivity index (χ1v) is 6.15. The lowest BCUT2D eigenvalue weighted by molar-refractivity contribution is 0.214. The second kappa shape index (κ2) is 5.38. The van der Waals surface area contributed by atoms with E-state index in [4.69, 9.17) is 5.11 Å². The summed E-state index contributed by atoms with van der Waals surface area (Å²) in [7, 11) is 0. The number of aliphatic hydroxyl groups is 1. The average Bonchev–Trinajstić information content (AvgIpc) is 2.53. The molecule has 0 amide bonds. The molecular formula is C11H23NOS. The largest absolute Gasteiger partial charge is 0.396 e. The fourth-order valence-corrected chi connectivity index (χ4v) is 2.23. The van der Waals surface area contributed by atoms with E-state index in [2.05, 4.69) is 31.4 Å². The van der Waals surface area contributed by atoms with Crippen LogP contribution in [0.1, 0.15) is 26.7 Å². The lowest BCUT2D eigenvalue weighted by Gasteiger charge is -2.28. The molecule has 1 saturated heterocycles. The Morgan fingerprint density at radius 2 is 2.21 bits per heavy atom. The molecule has 0 spiro atoms. The van der Waals surface area contributed by atoms with Gasteiger partial charge in [0.25, 0.3) is 0 Å². The summed E-state index contributed by atoms with van der Waals surface area (Å²) in [6, 6.07) is 0. The molecule has 1 heterocycles. The van der Waals surface area contributed by atoms with Gasteiger partial charge in [0.1, 0.15) is 0 Å². The summed E-state index contributed by atoms with van der Waals surface area (Å²) in [5.41, 5.74) is 0.317. The van der Waals surface area contributed by atoms with E-state index in [1.54, 1.807) is 0 Å². The highest BCUT2D eigenvalue weighted by Gasteiger charge is 2.26. The van der Waals surface area contributed by atoms with Crippen LogP contribution in [0.2, 0.25) is 0 Å². The van der Waals surface area contributed by atoms with E-state index in [9.17, 15) is 0 Å². The van der Waals surface area contributed by atoms with Crippen molar-refractivity contribution in [2.45, 2.75) is 26.7 Å². The van der Waals surface area contributed by atoms with Gasteiger partial charge in [-0.3, -0.25) is 0 Å². The van der Waals surface area contributed by atoms with Crippen LogP contribution >= 0.6 is 12.6 Å². The zero-order valence-corrected chi connectivity index (χ0v) is 10.3. The Hall–Kier alpha value is 0.270. The number of rotatable bonds is 5. The molecule has 1 unspecified atom stereocenters. The van der Waals surface area contributed by atoms with Crippen molar-refractivity contribution in [2.24, 2.45) is 11.3 Å². The lowest BCUT2D eigenvalue weighted by Crippen LogP contribution is -2.33. The third-order valence-corrected chi connectivity index (χ3v) is 3.84. The van der Waals surface area contributed by atoms with Crippen molar-refractivity contribution in [1.82, 2.24) is 4.90 Å². The Kier molecular flexibility index (Phi) is 4.74. The van der Waals surface area contributed by atoms with Crippen LogP contribution < -0.4 is 0 Å². The predicted octanol–water partition coefficient (Wildman–Crippen LogP) is 1.65. The molecular weight excluding hydrogens is 194 g/mol. The van der Waals surface area contributed by atoms with E-state index < -0.39 is 0 Å². The molecule has 0 aliphatic carbocycles. The second-order valence-electron chi connectivity index (χ2n) is 5.22. The minimum atomic E-state index is 0.317. The molecule has 1 fully saturated rings. The number of hydrogen-bond acceptors (Lipinski definition) is 3. The summed E-state index contributed by atoms with van der Waals surface area (Å²) >= 11 is 4.37. The van der Waals surface area contributed by atoms with Crippen LogP contribution in [-0.4, -0.2) is 42.0 Å². The molecule has 14 heavy (non-hydrogen) atoms. The van der Waals surface area contributed by atoms with Gasteiger partial charge < -0.3 is 10.0 Å². The number of thiol groups is 1. The molecule has 0 bridgehead atoms. The summed E-state index contributed by atoms with van der Waals surface area (Å²) < 4.78 is 0. The molecule has 1 aliphatic rings. The Morgan fingerprint density at radius 1 is 1.50 bits per heavy atom. The third-order valence-electron chi connectivity index (χ3n) is 2.99. The van der Waals surface area contributed by atoms with Gasteiger partial charge in [-0.1, -0.05) is 13.8 Å². The number of nitrogens with zero attached hydrogens (tertiary/aromatic N) is 1. The van der Waals surface area contributed by atoms with Crippen LogP contribution in [0.3, 0.4) is 0 Å². The molecule has 2 nitrogen and oxygen atoms in total. The topological polar surface area (TPSA) is 23.5 Å². The van der Waals surface area contributed by atoms with E-state index >= 15 is 0 Å². The minimum Gasteiger partial charge on any atom is -0.396 e. The van der Waals surface area contributed by atoms with Crippen molar-refractivity contribution < 1.29 is 5.11 Å². The summed E-state index contributed by atoms with van der Waals surface area (Å²) in [5.74, 6) is 1.66. The van der Waals surface area contributed by atoms with Gasteiger partial charge in [0, 0.05) is 19.7 Å². The summed E-state index contributed by atoms with van der Waals surface area (Å²) in [5, 5.41) is 8.86. The van der Waals surface area contributed by atoms with Crippen molar-refractivity contribution in [3.05, 3.63) is 0 Å². The van der Waals surface area contributed by atoms with Crippen LogP contribution in [-0.2, 0) is 0 Å². The fraction of sp³-hybridized carbons (Fsp3) is 1.00. The van der Waals surface area contributed by atoms with Crippen LogP contribution in [0, 0.1) is 11.3 Å². The van der Waals surface area contributed by atoms with Crippen molar-refractivity contribution in [3.63, 3.8) is 0 Å². The number of hydrogen-bond donors (Lipinski definition) is 2. The second-order valence-corrected chi connectivity index (χ2v) is 5.54. The molecule has 1 N–H and O–H groups in total. The van der Waals surface area contributed by atoms with E-state index in [-0.39, 0.29) is 0 Å². The predicted molar refractivity (Wildman–Crippen MR) is 63.9 cm³/mol. The smallest absolute Gasteiger partial charge is 0.0434 e. The molecule has 0 radical (unpaired) electrons. The van der Waals surface area contributed by atoms with E-state index in [0.29, 0.717) is 12.0 Å². The highest BCUT2D eigenvalue weighted by molar-refractivity contribution is 7.80. The van der Waals surface area contributed by atoms with Gasteiger partial charge in [-0.25, -0.2) is 0 Å². The third kappa shape index (κ3) is 3.79. The first-order valence-electron chi connectivity index (χ1n) is 5.51. The zero-order valence-electron chi connectivity index (χ0n) is 9.37. The molecule has 1 atom stereocenters. The molecule has 84 valence electrons. The van der Waals surface area contributed by atoms with Gasteiger partial charge in [0.05, 0.1) is 0 Å². The SMILES string of the molecule is CC(C)(CS)CN1CCC(CCO)C1. The Balaban J connectivity index is 2.28. The fourth-order valence-electron chi connectivity index (χ4n) is 2.13. The maximum atomic E-state index is 8.86. The molecule has 1 aliphatic heterocycles.